The van der Waals surface area contributed by atoms with Crippen molar-refractivity contribution in [2.24, 2.45) is 0 Å². The van der Waals surface area contributed by atoms with Crippen molar-refractivity contribution in [2.45, 2.75) is 19.4 Å². The standard InChI is InChI=1S/C18H15ClN2O3/c19-15-9-5-4-8-14(15)12-23-17(22)11-10-16-20-18(21-24-16)13-6-2-1-3-7-13/h1-9H,10-12H2. The lowest BCUT2D eigenvalue weighted by Crippen LogP contribution is -2.06. The minimum Gasteiger partial charge on any atom is -0.461 e. The van der Waals surface area contributed by atoms with E-state index in [4.69, 9.17) is 20.9 Å². The van der Waals surface area contributed by atoms with Gasteiger partial charge in [-0.3, -0.25) is 4.79 Å². The van der Waals surface area contributed by atoms with Crippen LogP contribution in [0.15, 0.2) is 59.1 Å². The minimum absolute atomic E-state index is 0.150. The maximum absolute atomic E-state index is 11.8. The first-order chi connectivity index (χ1) is 11.7. The van der Waals surface area contributed by atoms with Crippen LogP contribution >= 0.6 is 11.6 Å². The van der Waals surface area contributed by atoms with Gasteiger partial charge in [-0.05, 0) is 6.07 Å². The Hall–Kier alpha value is -2.66. The first-order valence-corrected chi connectivity index (χ1v) is 7.87. The Balaban J connectivity index is 1.50. The summed E-state index contributed by atoms with van der Waals surface area (Å²) in [5.74, 6) is 0.577. The van der Waals surface area contributed by atoms with E-state index in [-0.39, 0.29) is 19.0 Å². The van der Waals surface area contributed by atoms with Crippen LogP contribution in [0.1, 0.15) is 17.9 Å². The lowest BCUT2D eigenvalue weighted by atomic mass is 10.2. The Bertz CT molecular complexity index is 818. The number of aryl methyl sites for hydroxylation is 1. The fourth-order valence-electron chi connectivity index (χ4n) is 2.12. The highest BCUT2D eigenvalue weighted by Gasteiger charge is 2.11. The van der Waals surface area contributed by atoms with Gasteiger partial charge in [0.1, 0.15) is 6.61 Å². The Morgan fingerprint density at radius 3 is 2.62 bits per heavy atom. The number of aromatic nitrogens is 2. The normalized spacial score (nSPS) is 10.5. The quantitative estimate of drug-likeness (QED) is 0.632. The van der Waals surface area contributed by atoms with Crippen molar-refractivity contribution in [2.75, 3.05) is 0 Å². The molecule has 0 aliphatic rings. The SMILES string of the molecule is O=C(CCc1nc(-c2ccccc2)no1)OCc1ccccc1Cl. The monoisotopic (exact) mass is 342 g/mol. The van der Waals surface area contributed by atoms with Crippen molar-refractivity contribution in [3.8, 4) is 11.4 Å². The van der Waals surface area contributed by atoms with Crippen molar-refractivity contribution >= 4 is 17.6 Å². The number of carbonyl (C=O) groups excluding carboxylic acids is 1. The number of rotatable bonds is 6. The van der Waals surface area contributed by atoms with Crippen LogP contribution in [-0.4, -0.2) is 16.1 Å². The summed E-state index contributed by atoms with van der Waals surface area (Å²) in [6.45, 7) is 0.150. The number of esters is 1. The molecule has 0 saturated carbocycles. The highest BCUT2D eigenvalue weighted by molar-refractivity contribution is 6.31. The molecule has 0 bridgehead atoms. The predicted molar refractivity (Wildman–Crippen MR) is 89.3 cm³/mol. The Labute approximate surface area is 144 Å². The van der Waals surface area contributed by atoms with E-state index < -0.39 is 0 Å². The molecule has 6 heteroatoms. The summed E-state index contributed by atoms with van der Waals surface area (Å²) in [4.78, 5) is 16.1. The smallest absolute Gasteiger partial charge is 0.306 e. The Morgan fingerprint density at radius 1 is 1.08 bits per heavy atom. The number of hydrogen-bond donors (Lipinski definition) is 0. The third-order valence-corrected chi connectivity index (χ3v) is 3.76. The van der Waals surface area contributed by atoms with Gasteiger partial charge in [-0.2, -0.15) is 4.98 Å². The molecule has 0 N–H and O–H groups in total. The number of nitrogens with zero attached hydrogens (tertiary/aromatic N) is 2. The highest BCUT2D eigenvalue weighted by atomic mass is 35.5. The first kappa shape index (κ1) is 16.2. The molecular formula is C18H15ClN2O3. The fraction of sp³-hybridized carbons (Fsp3) is 0.167. The average Bonchev–Trinajstić information content (AvgIpc) is 3.09. The molecule has 5 nitrogen and oxygen atoms in total. The van der Waals surface area contributed by atoms with Crippen LogP contribution in [0, 0.1) is 0 Å². The lowest BCUT2D eigenvalue weighted by molar-refractivity contribution is -0.145. The van der Waals surface area contributed by atoms with Gasteiger partial charge in [0.2, 0.25) is 11.7 Å². The zero-order valence-corrected chi connectivity index (χ0v) is 13.6. The highest BCUT2D eigenvalue weighted by Crippen LogP contribution is 2.17. The summed E-state index contributed by atoms with van der Waals surface area (Å²) in [7, 11) is 0. The van der Waals surface area contributed by atoms with E-state index in [2.05, 4.69) is 10.1 Å². The van der Waals surface area contributed by atoms with E-state index >= 15 is 0 Å². The number of ether oxygens (including phenoxy) is 1. The van der Waals surface area contributed by atoms with Gasteiger partial charge in [-0.25, -0.2) is 0 Å². The number of halogens is 1. The van der Waals surface area contributed by atoms with Crippen LogP contribution in [-0.2, 0) is 22.6 Å². The number of carbonyl (C=O) groups is 1. The zero-order valence-electron chi connectivity index (χ0n) is 12.8. The van der Waals surface area contributed by atoms with Gasteiger partial charge in [0, 0.05) is 22.6 Å². The van der Waals surface area contributed by atoms with Crippen LogP contribution in [0.2, 0.25) is 5.02 Å². The summed E-state index contributed by atoms with van der Waals surface area (Å²) < 4.78 is 10.4. The van der Waals surface area contributed by atoms with Crippen LogP contribution in [0.5, 0.6) is 0 Å². The third kappa shape index (κ3) is 4.20. The molecular weight excluding hydrogens is 328 g/mol. The van der Waals surface area contributed by atoms with E-state index in [9.17, 15) is 4.79 Å². The van der Waals surface area contributed by atoms with Gasteiger partial charge in [0.15, 0.2) is 0 Å². The van der Waals surface area contributed by atoms with E-state index in [1.807, 2.05) is 48.5 Å². The van der Waals surface area contributed by atoms with Gasteiger partial charge in [-0.15, -0.1) is 0 Å². The molecule has 0 saturated heterocycles. The van der Waals surface area contributed by atoms with E-state index in [1.165, 1.54) is 0 Å². The van der Waals surface area contributed by atoms with Gasteiger partial charge in [-0.1, -0.05) is 65.3 Å². The maximum atomic E-state index is 11.8. The topological polar surface area (TPSA) is 65.2 Å². The molecule has 3 rings (SSSR count). The molecule has 3 aromatic rings. The molecule has 1 aromatic heterocycles. The van der Waals surface area contributed by atoms with E-state index in [1.54, 1.807) is 6.07 Å². The average molecular weight is 343 g/mol. The zero-order chi connectivity index (χ0) is 16.8. The van der Waals surface area contributed by atoms with E-state index in [0.717, 1.165) is 11.1 Å². The Kier molecular flexibility index (Phi) is 5.23. The van der Waals surface area contributed by atoms with Gasteiger partial charge in [0.05, 0.1) is 6.42 Å². The third-order valence-electron chi connectivity index (χ3n) is 3.39. The second kappa shape index (κ2) is 7.75. The van der Waals surface area contributed by atoms with Crippen LogP contribution < -0.4 is 0 Å². The molecule has 0 aliphatic heterocycles. The lowest BCUT2D eigenvalue weighted by Gasteiger charge is -2.05. The molecule has 2 aromatic carbocycles. The van der Waals surface area contributed by atoms with Crippen molar-refractivity contribution in [1.82, 2.24) is 10.1 Å². The second-order valence-corrected chi connectivity index (χ2v) is 5.54. The fourth-order valence-corrected chi connectivity index (χ4v) is 2.31. The molecule has 0 atom stereocenters. The van der Waals surface area contributed by atoms with Crippen molar-refractivity contribution in [3.63, 3.8) is 0 Å². The van der Waals surface area contributed by atoms with Crippen molar-refractivity contribution < 1.29 is 14.1 Å². The molecule has 1 heterocycles. The molecule has 0 unspecified atom stereocenters. The molecule has 0 amide bonds. The summed E-state index contributed by atoms with van der Waals surface area (Å²) in [5.41, 5.74) is 1.64. The van der Waals surface area contributed by atoms with Crippen LogP contribution in [0.3, 0.4) is 0 Å². The van der Waals surface area contributed by atoms with Crippen LogP contribution in [0.4, 0.5) is 0 Å². The van der Waals surface area contributed by atoms with Gasteiger partial charge in [0.25, 0.3) is 0 Å². The molecule has 24 heavy (non-hydrogen) atoms. The molecule has 0 aliphatic carbocycles. The molecule has 0 spiro atoms. The summed E-state index contributed by atoms with van der Waals surface area (Å²) in [6, 6.07) is 16.8. The van der Waals surface area contributed by atoms with E-state index in [0.29, 0.717) is 23.2 Å². The first-order valence-electron chi connectivity index (χ1n) is 7.49. The predicted octanol–water partition coefficient (Wildman–Crippen LogP) is 4.07. The molecule has 0 radical (unpaired) electrons. The maximum Gasteiger partial charge on any atom is 0.306 e. The van der Waals surface area contributed by atoms with Gasteiger partial charge >= 0.3 is 5.97 Å². The van der Waals surface area contributed by atoms with Crippen LogP contribution in [0.25, 0.3) is 11.4 Å². The molecule has 122 valence electrons. The minimum atomic E-state index is -0.339. The molecule has 0 fully saturated rings. The summed E-state index contributed by atoms with van der Waals surface area (Å²) in [5, 5.41) is 4.49. The second-order valence-electron chi connectivity index (χ2n) is 5.13. The number of benzene rings is 2. The summed E-state index contributed by atoms with van der Waals surface area (Å²) >= 11 is 6.02. The Morgan fingerprint density at radius 2 is 1.83 bits per heavy atom. The largest absolute Gasteiger partial charge is 0.461 e. The van der Waals surface area contributed by atoms with Crippen molar-refractivity contribution in [1.29, 1.82) is 0 Å². The van der Waals surface area contributed by atoms with Crippen molar-refractivity contribution in [3.05, 3.63) is 71.1 Å². The number of hydrogen-bond acceptors (Lipinski definition) is 5. The summed E-state index contributed by atoms with van der Waals surface area (Å²) in [6.07, 6.45) is 0.502. The van der Waals surface area contributed by atoms with Gasteiger partial charge < -0.3 is 9.26 Å².